The number of sulfonamides is 1. The summed E-state index contributed by atoms with van der Waals surface area (Å²) in [5.74, 6) is 0. The first-order valence-corrected chi connectivity index (χ1v) is 18.5. The summed E-state index contributed by atoms with van der Waals surface area (Å²) in [5, 5.41) is 2.25. The molecular formula is C44H39NO3S. The summed E-state index contributed by atoms with van der Waals surface area (Å²) in [6.45, 7) is 2.70. The van der Waals surface area contributed by atoms with Gasteiger partial charge in [0.1, 0.15) is 5.60 Å². The van der Waals surface area contributed by atoms with E-state index in [1.165, 1.54) is 0 Å². The summed E-state index contributed by atoms with van der Waals surface area (Å²) >= 11 is 0. The van der Waals surface area contributed by atoms with Gasteiger partial charge in [0.25, 0.3) is 0 Å². The average Bonchev–Trinajstić information content (AvgIpc) is 3.29. The number of hydrogen-bond donors (Lipinski definition) is 0. The van der Waals surface area contributed by atoms with E-state index in [0.717, 1.165) is 55.3 Å². The zero-order valence-corrected chi connectivity index (χ0v) is 28.4. The third-order valence-electron chi connectivity index (χ3n) is 10.2. The van der Waals surface area contributed by atoms with E-state index in [4.69, 9.17) is 4.74 Å². The van der Waals surface area contributed by atoms with Gasteiger partial charge >= 0.3 is 0 Å². The summed E-state index contributed by atoms with van der Waals surface area (Å²) in [5.41, 5.74) is 7.64. The second kappa shape index (κ2) is 12.9. The third-order valence-corrected chi connectivity index (χ3v) is 12.1. The SMILES string of the molecule is Cc1ccc(S(=O)(=O)N2CCCC3=C(c4ccccc4)c4cc5ccccc5cc4[C@@]3(OCc3ccccc3)[C@@H]2Cc2ccccc2)cc1. The number of rotatable bonds is 8. The van der Waals surface area contributed by atoms with Gasteiger partial charge in [-0.3, -0.25) is 0 Å². The van der Waals surface area contributed by atoms with Crippen molar-refractivity contribution < 1.29 is 13.2 Å². The first-order chi connectivity index (χ1) is 23.9. The molecule has 1 fully saturated rings. The highest BCUT2D eigenvalue weighted by molar-refractivity contribution is 7.89. The van der Waals surface area contributed by atoms with Crippen LogP contribution in [0, 0.1) is 6.92 Å². The Morgan fingerprint density at radius 2 is 1.31 bits per heavy atom. The van der Waals surface area contributed by atoms with Crippen molar-refractivity contribution in [1.29, 1.82) is 0 Å². The molecular weight excluding hydrogens is 623 g/mol. The fraction of sp³-hybridized carbons (Fsp3) is 0.182. The molecule has 6 aromatic carbocycles. The van der Waals surface area contributed by atoms with Gasteiger partial charge in [-0.1, -0.05) is 133 Å². The lowest BCUT2D eigenvalue weighted by Crippen LogP contribution is -2.54. The molecule has 49 heavy (non-hydrogen) atoms. The molecule has 0 N–H and O–H groups in total. The van der Waals surface area contributed by atoms with Gasteiger partial charge < -0.3 is 4.74 Å². The predicted octanol–water partition coefficient (Wildman–Crippen LogP) is 9.47. The van der Waals surface area contributed by atoms with E-state index in [9.17, 15) is 8.42 Å². The Balaban J connectivity index is 1.45. The maximum Gasteiger partial charge on any atom is 0.243 e. The van der Waals surface area contributed by atoms with E-state index in [-0.39, 0.29) is 0 Å². The van der Waals surface area contributed by atoms with Gasteiger partial charge in [0.2, 0.25) is 10.0 Å². The molecule has 0 bridgehead atoms. The van der Waals surface area contributed by atoms with Gasteiger partial charge in [-0.25, -0.2) is 8.42 Å². The molecule has 8 rings (SSSR count). The lowest BCUT2D eigenvalue weighted by atomic mass is 9.78. The highest BCUT2D eigenvalue weighted by atomic mass is 32.2. The van der Waals surface area contributed by atoms with Crippen LogP contribution in [0.15, 0.2) is 162 Å². The molecule has 244 valence electrons. The first-order valence-electron chi connectivity index (χ1n) is 17.1. The molecule has 1 aliphatic carbocycles. The third kappa shape index (κ3) is 5.62. The Kier molecular flexibility index (Phi) is 8.28. The number of ether oxygens (including phenoxy) is 1. The van der Waals surface area contributed by atoms with Gasteiger partial charge in [-0.15, -0.1) is 0 Å². The molecule has 2 atom stereocenters. The van der Waals surface area contributed by atoms with Crippen LogP contribution in [0.2, 0.25) is 0 Å². The Labute approximate surface area is 289 Å². The van der Waals surface area contributed by atoms with E-state index < -0.39 is 21.7 Å². The summed E-state index contributed by atoms with van der Waals surface area (Å²) in [6.07, 6.45) is 1.86. The van der Waals surface area contributed by atoms with Crippen molar-refractivity contribution in [3.05, 3.63) is 191 Å². The van der Waals surface area contributed by atoms with E-state index in [1.54, 1.807) is 16.4 Å². The lowest BCUT2D eigenvalue weighted by Gasteiger charge is -2.44. The number of benzene rings is 6. The molecule has 6 aromatic rings. The predicted molar refractivity (Wildman–Crippen MR) is 198 cm³/mol. The van der Waals surface area contributed by atoms with E-state index >= 15 is 0 Å². The monoisotopic (exact) mass is 661 g/mol. The number of fused-ring (bicyclic) bond motifs is 4. The summed E-state index contributed by atoms with van der Waals surface area (Å²) in [7, 11) is -3.93. The summed E-state index contributed by atoms with van der Waals surface area (Å²) < 4.78 is 39.2. The van der Waals surface area contributed by atoms with Crippen LogP contribution in [-0.2, 0) is 33.4 Å². The molecule has 4 nitrogen and oxygen atoms in total. The minimum atomic E-state index is -3.93. The lowest BCUT2D eigenvalue weighted by molar-refractivity contribution is -0.0717. The maximum atomic E-state index is 15.0. The van der Waals surface area contributed by atoms with Crippen LogP contribution < -0.4 is 0 Å². The van der Waals surface area contributed by atoms with Crippen LogP contribution in [-0.4, -0.2) is 25.3 Å². The topological polar surface area (TPSA) is 46.6 Å². The zero-order chi connectivity index (χ0) is 33.4. The molecule has 1 heterocycles. The second-order valence-corrected chi connectivity index (χ2v) is 15.1. The minimum Gasteiger partial charge on any atom is -0.359 e. The van der Waals surface area contributed by atoms with Crippen LogP contribution >= 0.6 is 0 Å². The molecule has 0 unspecified atom stereocenters. The van der Waals surface area contributed by atoms with Gasteiger partial charge in [-0.2, -0.15) is 4.31 Å². The van der Waals surface area contributed by atoms with Gasteiger partial charge in [0, 0.05) is 6.54 Å². The Hall–Kier alpha value is -4.81. The van der Waals surface area contributed by atoms with E-state index in [0.29, 0.717) is 37.3 Å². The molecule has 2 aliphatic rings. The van der Waals surface area contributed by atoms with E-state index in [1.807, 2.05) is 61.5 Å². The Bertz CT molecular complexity index is 2250. The van der Waals surface area contributed by atoms with Crippen molar-refractivity contribution >= 4 is 26.4 Å². The van der Waals surface area contributed by atoms with Gasteiger partial charge in [0.15, 0.2) is 0 Å². The number of aryl methyl sites for hydroxylation is 1. The van der Waals surface area contributed by atoms with Crippen molar-refractivity contribution in [1.82, 2.24) is 4.31 Å². The highest BCUT2D eigenvalue weighted by Crippen LogP contribution is 2.57. The highest BCUT2D eigenvalue weighted by Gasteiger charge is 2.56. The van der Waals surface area contributed by atoms with Gasteiger partial charge in [-0.05, 0) is 100 Å². The molecule has 0 amide bonds. The fourth-order valence-electron chi connectivity index (χ4n) is 7.91. The standard InChI is InChI=1S/C44H39NO3S/c1-32-23-25-38(26-24-32)49(46,47)45-27-13-22-40-43(35-18-9-4-10-19-35)39-29-36-20-11-12-21-37(36)30-41(39)44(40,48-31-34-16-7-3-8-17-34)42(45)28-33-14-5-2-6-15-33/h2-12,14-21,23-26,29-30,42H,13,22,27-28,31H2,1H3/t42-,44+/m0/s1. The quantitative estimate of drug-likeness (QED) is 0.163. The molecule has 0 aromatic heterocycles. The van der Waals surface area contributed by atoms with Gasteiger partial charge in [0.05, 0.1) is 17.5 Å². The maximum absolute atomic E-state index is 15.0. The zero-order valence-electron chi connectivity index (χ0n) is 27.6. The van der Waals surface area contributed by atoms with Crippen LogP contribution in [0.5, 0.6) is 0 Å². The van der Waals surface area contributed by atoms with Crippen molar-refractivity contribution in [2.24, 2.45) is 0 Å². The Morgan fingerprint density at radius 3 is 1.98 bits per heavy atom. The molecule has 0 radical (unpaired) electrons. The van der Waals surface area contributed by atoms with Crippen LogP contribution in [0.4, 0.5) is 0 Å². The van der Waals surface area contributed by atoms with Crippen LogP contribution in [0.3, 0.4) is 0 Å². The molecule has 0 saturated carbocycles. The van der Waals surface area contributed by atoms with Crippen LogP contribution in [0.1, 0.15) is 46.2 Å². The van der Waals surface area contributed by atoms with E-state index in [2.05, 4.69) is 84.9 Å². The Morgan fingerprint density at radius 1 is 0.714 bits per heavy atom. The first kappa shape index (κ1) is 31.5. The fourth-order valence-corrected chi connectivity index (χ4v) is 9.59. The van der Waals surface area contributed by atoms with Crippen molar-refractivity contribution in [2.75, 3.05) is 6.54 Å². The van der Waals surface area contributed by atoms with Crippen molar-refractivity contribution in [2.45, 2.75) is 49.3 Å². The second-order valence-electron chi connectivity index (χ2n) is 13.2. The normalized spacial score (nSPS) is 19.4. The van der Waals surface area contributed by atoms with Crippen LogP contribution in [0.25, 0.3) is 16.3 Å². The molecule has 0 spiro atoms. The minimum absolute atomic E-state index is 0.307. The number of hydrogen-bond acceptors (Lipinski definition) is 3. The average molecular weight is 662 g/mol. The number of nitrogens with zero attached hydrogens (tertiary/aromatic N) is 1. The summed E-state index contributed by atoms with van der Waals surface area (Å²) in [4.78, 5) is 0.307. The molecule has 1 aliphatic heterocycles. The largest absolute Gasteiger partial charge is 0.359 e. The molecule has 5 heteroatoms. The molecule has 1 saturated heterocycles. The summed E-state index contributed by atoms with van der Waals surface area (Å²) in [6, 6.07) is 50.8. The van der Waals surface area contributed by atoms with Crippen molar-refractivity contribution in [3.63, 3.8) is 0 Å². The smallest absolute Gasteiger partial charge is 0.243 e. The van der Waals surface area contributed by atoms with Crippen molar-refractivity contribution in [3.8, 4) is 0 Å².